The van der Waals surface area contributed by atoms with Crippen LogP contribution < -0.4 is 0 Å². The van der Waals surface area contributed by atoms with Crippen molar-refractivity contribution >= 4 is 28.0 Å². The average Bonchev–Trinajstić information content (AvgIpc) is 2.16. The molecule has 0 spiro atoms. The van der Waals surface area contributed by atoms with E-state index in [4.69, 9.17) is 0 Å². The molecule has 1 aromatic rings. The van der Waals surface area contributed by atoms with E-state index >= 15 is 0 Å². The molecular formula is C9H7BrO3. The van der Waals surface area contributed by atoms with Crippen LogP contribution in [0.3, 0.4) is 0 Å². The van der Waals surface area contributed by atoms with Gasteiger partial charge in [0.2, 0.25) is 0 Å². The molecule has 3 nitrogen and oxygen atoms in total. The monoisotopic (exact) mass is 242 g/mol. The van der Waals surface area contributed by atoms with Crippen LogP contribution in [0.25, 0.3) is 0 Å². The zero-order chi connectivity index (χ0) is 9.84. The van der Waals surface area contributed by atoms with E-state index in [2.05, 4.69) is 15.9 Å². The topological polar surface area (TPSA) is 54.4 Å². The first-order valence-electron chi connectivity index (χ1n) is 3.57. The van der Waals surface area contributed by atoms with Crippen LogP contribution in [0.1, 0.15) is 20.7 Å². The normalized spacial score (nSPS) is 9.62. The smallest absolute Gasteiger partial charge is 0.174 e. The summed E-state index contributed by atoms with van der Waals surface area (Å²) >= 11 is 2.99. The third kappa shape index (κ3) is 1.95. The van der Waals surface area contributed by atoms with Gasteiger partial charge in [-0.05, 0) is 6.07 Å². The molecule has 0 atom stereocenters. The van der Waals surface area contributed by atoms with Crippen LogP contribution >= 0.6 is 15.9 Å². The summed E-state index contributed by atoms with van der Waals surface area (Å²) in [6.07, 6.45) is 0.477. The zero-order valence-corrected chi connectivity index (χ0v) is 8.24. The second kappa shape index (κ2) is 4.18. The van der Waals surface area contributed by atoms with Crippen molar-refractivity contribution in [3.8, 4) is 5.75 Å². The van der Waals surface area contributed by atoms with Gasteiger partial charge in [0.1, 0.15) is 5.75 Å². The van der Waals surface area contributed by atoms with Gasteiger partial charge in [0.05, 0.1) is 10.9 Å². The van der Waals surface area contributed by atoms with Crippen LogP contribution in [-0.4, -0.2) is 22.5 Å². The highest BCUT2D eigenvalue weighted by Gasteiger charge is 2.12. The summed E-state index contributed by atoms with van der Waals surface area (Å²) in [5.74, 6) is -0.389. The number of benzene rings is 1. The summed E-state index contributed by atoms with van der Waals surface area (Å²) in [6, 6.07) is 4.40. The Labute approximate surface area is 83.5 Å². The number of carbonyl (C=O) groups excluding carboxylic acids is 2. The molecule has 0 unspecified atom stereocenters. The summed E-state index contributed by atoms with van der Waals surface area (Å²) in [6.45, 7) is 0. The molecule has 0 saturated carbocycles. The van der Waals surface area contributed by atoms with Crippen molar-refractivity contribution in [2.45, 2.75) is 0 Å². The lowest BCUT2D eigenvalue weighted by atomic mass is 10.0. The molecule has 0 aliphatic rings. The second-order valence-electron chi connectivity index (χ2n) is 2.41. The molecule has 0 fully saturated rings. The van der Waals surface area contributed by atoms with Gasteiger partial charge in [-0.3, -0.25) is 9.59 Å². The van der Waals surface area contributed by atoms with E-state index in [1.54, 1.807) is 0 Å². The van der Waals surface area contributed by atoms with Crippen molar-refractivity contribution in [3.05, 3.63) is 29.3 Å². The molecule has 1 aromatic carbocycles. The quantitative estimate of drug-likeness (QED) is 0.500. The molecule has 1 rings (SSSR count). The molecule has 0 aliphatic heterocycles. The molecule has 1 N–H and O–H groups in total. The van der Waals surface area contributed by atoms with Crippen LogP contribution in [-0.2, 0) is 0 Å². The number of phenols is 1. The maximum Gasteiger partial charge on any atom is 0.174 e. The van der Waals surface area contributed by atoms with Gasteiger partial charge in [0.25, 0.3) is 0 Å². The molecule has 0 aliphatic carbocycles. The number of phenolic OH excluding ortho intramolecular Hbond substituents is 1. The Kier molecular flexibility index (Phi) is 3.19. The fourth-order valence-corrected chi connectivity index (χ4v) is 1.29. The standard InChI is InChI=1S/C9H7BrO3/c10-4-9(13)6-2-1-3-8(12)7(6)5-11/h1-3,5,12H,4H2. The first kappa shape index (κ1) is 9.92. The van der Waals surface area contributed by atoms with E-state index in [1.165, 1.54) is 18.2 Å². The number of ketones is 1. The van der Waals surface area contributed by atoms with Crippen LogP contribution in [0.15, 0.2) is 18.2 Å². The Morgan fingerprint density at radius 1 is 1.54 bits per heavy atom. The highest BCUT2D eigenvalue weighted by Crippen LogP contribution is 2.19. The van der Waals surface area contributed by atoms with Crippen LogP contribution in [0.2, 0.25) is 0 Å². The number of halogens is 1. The van der Waals surface area contributed by atoms with Gasteiger partial charge in [-0.2, -0.15) is 0 Å². The van der Waals surface area contributed by atoms with Crippen molar-refractivity contribution in [1.82, 2.24) is 0 Å². The first-order chi connectivity index (χ1) is 6.20. The Bertz CT molecular complexity index is 347. The first-order valence-corrected chi connectivity index (χ1v) is 4.69. The number of hydrogen-bond donors (Lipinski definition) is 1. The van der Waals surface area contributed by atoms with Crippen LogP contribution in [0, 0.1) is 0 Å². The van der Waals surface area contributed by atoms with Crippen molar-refractivity contribution in [2.75, 3.05) is 5.33 Å². The number of hydrogen-bond acceptors (Lipinski definition) is 3. The fraction of sp³-hybridized carbons (Fsp3) is 0.111. The second-order valence-corrected chi connectivity index (χ2v) is 2.97. The summed E-state index contributed by atoms with van der Waals surface area (Å²) in [4.78, 5) is 21.8. The molecule has 4 heteroatoms. The van der Waals surface area contributed by atoms with Crippen molar-refractivity contribution in [1.29, 1.82) is 0 Å². The van der Waals surface area contributed by atoms with Gasteiger partial charge in [-0.15, -0.1) is 0 Å². The minimum atomic E-state index is -0.224. The lowest BCUT2D eigenvalue weighted by Crippen LogP contribution is -2.04. The number of aromatic hydroxyl groups is 1. The number of alkyl halides is 1. The van der Waals surface area contributed by atoms with E-state index in [-0.39, 0.29) is 28.0 Å². The summed E-state index contributed by atoms with van der Waals surface area (Å²) in [5.41, 5.74) is 0.291. The number of Topliss-reactive ketones (excluding diaryl/α,β-unsaturated/α-hetero) is 1. The SMILES string of the molecule is O=Cc1c(O)cccc1C(=O)CBr. The molecule has 0 saturated heterocycles. The van der Waals surface area contributed by atoms with Gasteiger partial charge in [-0.25, -0.2) is 0 Å². The molecule has 68 valence electrons. The van der Waals surface area contributed by atoms with E-state index in [1.807, 2.05) is 0 Å². The zero-order valence-electron chi connectivity index (χ0n) is 6.66. The third-order valence-corrected chi connectivity index (χ3v) is 2.13. The van der Waals surface area contributed by atoms with E-state index in [0.29, 0.717) is 6.29 Å². The Balaban J connectivity index is 3.28. The Morgan fingerprint density at radius 2 is 2.23 bits per heavy atom. The predicted octanol–water partition coefficient (Wildman–Crippen LogP) is 1.78. The van der Waals surface area contributed by atoms with Crippen molar-refractivity contribution in [3.63, 3.8) is 0 Å². The summed E-state index contributed by atoms with van der Waals surface area (Å²) in [7, 11) is 0. The minimum absolute atomic E-state index is 0.0481. The molecule has 0 aromatic heterocycles. The molecule has 0 amide bonds. The minimum Gasteiger partial charge on any atom is -0.507 e. The Hall–Kier alpha value is -1.16. The number of aldehydes is 1. The van der Waals surface area contributed by atoms with Crippen molar-refractivity contribution < 1.29 is 14.7 Å². The van der Waals surface area contributed by atoms with Crippen molar-refractivity contribution in [2.24, 2.45) is 0 Å². The third-order valence-electron chi connectivity index (χ3n) is 1.62. The van der Waals surface area contributed by atoms with Gasteiger partial charge < -0.3 is 5.11 Å². The molecule has 13 heavy (non-hydrogen) atoms. The van der Waals surface area contributed by atoms with E-state index in [0.717, 1.165) is 0 Å². The van der Waals surface area contributed by atoms with Gasteiger partial charge in [0, 0.05) is 5.56 Å². The Morgan fingerprint density at radius 3 is 2.77 bits per heavy atom. The maximum atomic E-state index is 11.2. The molecule has 0 bridgehead atoms. The molecular weight excluding hydrogens is 236 g/mol. The van der Waals surface area contributed by atoms with Crippen LogP contribution in [0.4, 0.5) is 0 Å². The largest absolute Gasteiger partial charge is 0.507 e. The van der Waals surface area contributed by atoms with Gasteiger partial charge in [0.15, 0.2) is 12.1 Å². The van der Waals surface area contributed by atoms with Crippen LogP contribution in [0.5, 0.6) is 5.75 Å². The van der Waals surface area contributed by atoms with E-state index < -0.39 is 0 Å². The summed E-state index contributed by atoms with van der Waals surface area (Å²) < 4.78 is 0. The van der Waals surface area contributed by atoms with Gasteiger partial charge in [-0.1, -0.05) is 28.1 Å². The highest BCUT2D eigenvalue weighted by atomic mass is 79.9. The number of rotatable bonds is 3. The predicted molar refractivity (Wildman–Crippen MR) is 51.6 cm³/mol. The molecule has 0 heterocycles. The average molecular weight is 243 g/mol. The highest BCUT2D eigenvalue weighted by molar-refractivity contribution is 9.09. The van der Waals surface area contributed by atoms with E-state index in [9.17, 15) is 14.7 Å². The fourth-order valence-electron chi connectivity index (χ4n) is 0.992. The summed E-state index contributed by atoms with van der Waals surface area (Å²) in [5, 5.41) is 9.37. The molecule has 0 radical (unpaired) electrons. The number of carbonyl (C=O) groups is 2. The maximum absolute atomic E-state index is 11.2. The lowest BCUT2D eigenvalue weighted by Gasteiger charge is -2.02. The lowest BCUT2D eigenvalue weighted by molar-refractivity contribution is 0.101. The van der Waals surface area contributed by atoms with Gasteiger partial charge >= 0.3 is 0 Å².